The highest BCUT2D eigenvalue weighted by molar-refractivity contribution is 7.91. The number of rotatable bonds is 3. The van der Waals surface area contributed by atoms with E-state index in [-0.39, 0.29) is 12.1 Å². The summed E-state index contributed by atoms with van der Waals surface area (Å²) in [6.45, 7) is 6.73. The maximum absolute atomic E-state index is 12.8. The SMILES string of the molecule is C[C@H]1COC[C@H]2COc3c(nc(-c4c(N)cnc5[nH]ccc45)nc3C(C)(C)S(C)(=O)=O)N21. The first kappa shape index (κ1) is 21.0. The first-order valence-corrected chi connectivity index (χ1v) is 12.3. The molecule has 5 heterocycles. The number of nitrogen functional groups attached to an aromatic ring is 1. The largest absolute Gasteiger partial charge is 0.486 e. The fraction of sp³-hybridized carbons (Fsp3) is 0.476. The van der Waals surface area contributed by atoms with Crippen molar-refractivity contribution in [2.45, 2.75) is 37.6 Å². The second kappa shape index (κ2) is 7.04. The van der Waals surface area contributed by atoms with Gasteiger partial charge in [-0.2, -0.15) is 0 Å². The van der Waals surface area contributed by atoms with Crippen molar-refractivity contribution in [3.05, 3.63) is 24.2 Å². The van der Waals surface area contributed by atoms with Gasteiger partial charge in [-0.25, -0.2) is 23.4 Å². The van der Waals surface area contributed by atoms with Gasteiger partial charge in [0.15, 0.2) is 27.2 Å². The molecular weight excluding hydrogens is 432 g/mol. The number of morpholine rings is 1. The number of hydrogen-bond acceptors (Lipinski definition) is 9. The highest BCUT2D eigenvalue weighted by atomic mass is 32.2. The van der Waals surface area contributed by atoms with Gasteiger partial charge in [-0.05, 0) is 26.8 Å². The molecule has 3 aromatic rings. The summed E-state index contributed by atoms with van der Waals surface area (Å²) < 4.78 is 36.0. The van der Waals surface area contributed by atoms with E-state index in [0.29, 0.717) is 59.8 Å². The molecule has 3 aromatic heterocycles. The number of pyridine rings is 1. The van der Waals surface area contributed by atoms with Gasteiger partial charge in [-0.1, -0.05) is 0 Å². The summed E-state index contributed by atoms with van der Waals surface area (Å²) in [7, 11) is -3.54. The summed E-state index contributed by atoms with van der Waals surface area (Å²) in [6.07, 6.45) is 4.52. The number of aromatic amines is 1. The number of H-pyrrole nitrogens is 1. The summed E-state index contributed by atoms with van der Waals surface area (Å²) in [5.74, 6) is 1.30. The Hall–Kier alpha value is -2.92. The minimum atomic E-state index is -3.54. The van der Waals surface area contributed by atoms with E-state index in [1.807, 2.05) is 6.07 Å². The smallest absolute Gasteiger partial charge is 0.185 e. The molecule has 1 saturated heterocycles. The van der Waals surface area contributed by atoms with Crippen LogP contribution in [-0.4, -0.2) is 66.5 Å². The third-order valence-corrected chi connectivity index (χ3v) is 8.43. The predicted molar refractivity (Wildman–Crippen MR) is 121 cm³/mol. The number of hydrogen-bond donors (Lipinski definition) is 2. The lowest BCUT2D eigenvalue weighted by Gasteiger charge is -2.45. The van der Waals surface area contributed by atoms with Crippen LogP contribution in [-0.2, 0) is 19.3 Å². The number of fused-ring (bicyclic) bond motifs is 4. The van der Waals surface area contributed by atoms with Crippen LogP contribution in [0.5, 0.6) is 5.75 Å². The summed E-state index contributed by atoms with van der Waals surface area (Å²) in [5, 5.41) is 0.761. The molecule has 2 atom stereocenters. The van der Waals surface area contributed by atoms with Crippen LogP contribution in [0.25, 0.3) is 22.4 Å². The predicted octanol–water partition coefficient (Wildman–Crippen LogP) is 1.87. The van der Waals surface area contributed by atoms with Crippen LogP contribution in [0.15, 0.2) is 18.5 Å². The first-order chi connectivity index (χ1) is 15.1. The van der Waals surface area contributed by atoms with Gasteiger partial charge in [0.1, 0.15) is 22.7 Å². The Morgan fingerprint density at radius 3 is 2.78 bits per heavy atom. The van der Waals surface area contributed by atoms with Gasteiger partial charge in [-0.15, -0.1) is 0 Å². The van der Waals surface area contributed by atoms with Crippen molar-refractivity contribution in [3.63, 3.8) is 0 Å². The lowest BCUT2D eigenvalue weighted by Crippen LogP contribution is -2.56. The van der Waals surface area contributed by atoms with E-state index in [0.717, 1.165) is 5.39 Å². The monoisotopic (exact) mass is 458 g/mol. The van der Waals surface area contributed by atoms with Crippen molar-refractivity contribution < 1.29 is 17.9 Å². The standard InChI is InChI=1S/C21H26N6O4S/c1-11-8-30-9-12-10-31-16-17(21(2,3)32(4,28)29)25-19(26-20(16)27(11)12)15-13-5-6-23-18(13)24-7-14(15)22/h5-7,11-12H,8-10,22H2,1-4H3,(H,23,24)/t11-,12-/m0/s1. The molecule has 0 amide bonds. The van der Waals surface area contributed by atoms with Crippen molar-refractivity contribution in [1.29, 1.82) is 0 Å². The molecule has 0 unspecified atom stereocenters. The third kappa shape index (κ3) is 3.02. The summed E-state index contributed by atoms with van der Waals surface area (Å²) in [6, 6.07) is 1.87. The van der Waals surface area contributed by atoms with Crippen LogP contribution in [0.2, 0.25) is 0 Å². The van der Waals surface area contributed by atoms with Gasteiger partial charge in [0.05, 0.1) is 42.7 Å². The van der Waals surface area contributed by atoms with Crippen molar-refractivity contribution in [2.24, 2.45) is 0 Å². The van der Waals surface area contributed by atoms with Gasteiger partial charge in [-0.3, -0.25) is 0 Å². The van der Waals surface area contributed by atoms with E-state index in [1.54, 1.807) is 26.2 Å². The topological polar surface area (TPSA) is 136 Å². The zero-order valence-electron chi connectivity index (χ0n) is 18.4. The minimum Gasteiger partial charge on any atom is -0.486 e. The Bertz CT molecular complexity index is 1320. The molecule has 2 aliphatic rings. The fourth-order valence-corrected chi connectivity index (χ4v) is 4.79. The Kier molecular flexibility index (Phi) is 4.61. The molecule has 0 bridgehead atoms. The molecule has 5 rings (SSSR count). The van der Waals surface area contributed by atoms with Crippen LogP contribution in [0.4, 0.5) is 11.5 Å². The second-order valence-electron chi connectivity index (χ2n) is 8.92. The molecule has 0 saturated carbocycles. The molecule has 11 heteroatoms. The quantitative estimate of drug-likeness (QED) is 0.602. The summed E-state index contributed by atoms with van der Waals surface area (Å²) in [4.78, 5) is 19.2. The van der Waals surface area contributed by atoms with Gasteiger partial charge in [0.25, 0.3) is 0 Å². The van der Waals surface area contributed by atoms with Crippen LogP contribution < -0.4 is 15.4 Å². The van der Waals surface area contributed by atoms with Gasteiger partial charge in [0.2, 0.25) is 0 Å². The number of nitrogens with zero attached hydrogens (tertiary/aromatic N) is 4. The van der Waals surface area contributed by atoms with E-state index < -0.39 is 14.6 Å². The van der Waals surface area contributed by atoms with Crippen LogP contribution in [0.1, 0.15) is 26.5 Å². The second-order valence-corrected chi connectivity index (χ2v) is 11.5. The number of ether oxygens (including phenoxy) is 2. The van der Waals surface area contributed by atoms with Crippen molar-refractivity contribution in [3.8, 4) is 17.1 Å². The average Bonchev–Trinajstić information content (AvgIpc) is 3.20. The molecule has 0 aliphatic carbocycles. The number of nitrogens with two attached hydrogens (primary N) is 1. The van der Waals surface area contributed by atoms with E-state index in [2.05, 4.69) is 21.8 Å². The molecule has 170 valence electrons. The molecule has 0 radical (unpaired) electrons. The van der Waals surface area contributed by atoms with Crippen LogP contribution >= 0.6 is 0 Å². The van der Waals surface area contributed by atoms with Crippen molar-refractivity contribution in [2.75, 3.05) is 36.7 Å². The number of aromatic nitrogens is 4. The fourth-order valence-electron chi connectivity index (χ4n) is 4.30. The van der Waals surface area contributed by atoms with Crippen molar-refractivity contribution >= 4 is 32.4 Å². The number of sulfone groups is 1. The first-order valence-electron chi connectivity index (χ1n) is 10.4. The third-order valence-electron chi connectivity index (χ3n) is 6.39. The lowest BCUT2D eigenvalue weighted by atomic mass is 10.0. The van der Waals surface area contributed by atoms with Crippen molar-refractivity contribution in [1.82, 2.24) is 19.9 Å². The molecule has 0 spiro atoms. The zero-order valence-corrected chi connectivity index (χ0v) is 19.2. The summed E-state index contributed by atoms with van der Waals surface area (Å²) >= 11 is 0. The normalized spacial score (nSPS) is 21.2. The Balaban J connectivity index is 1.84. The molecule has 32 heavy (non-hydrogen) atoms. The van der Waals surface area contributed by atoms with E-state index in [9.17, 15) is 8.42 Å². The minimum absolute atomic E-state index is 0.0229. The van der Waals surface area contributed by atoms with Gasteiger partial charge >= 0.3 is 0 Å². The van der Waals surface area contributed by atoms with Crippen LogP contribution in [0, 0.1) is 0 Å². The Morgan fingerprint density at radius 2 is 2.03 bits per heavy atom. The van der Waals surface area contributed by atoms with Crippen LogP contribution in [0.3, 0.4) is 0 Å². The average molecular weight is 459 g/mol. The molecule has 2 aliphatic heterocycles. The molecule has 3 N–H and O–H groups in total. The highest BCUT2D eigenvalue weighted by Crippen LogP contribution is 2.45. The molecular formula is C21H26N6O4S. The maximum atomic E-state index is 12.8. The number of nitrogens with one attached hydrogen (secondary N) is 1. The Morgan fingerprint density at radius 1 is 1.25 bits per heavy atom. The number of anilines is 2. The zero-order chi connectivity index (χ0) is 22.8. The molecule has 10 nitrogen and oxygen atoms in total. The van der Waals surface area contributed by atoms with E-state index in [1.165, 1.54) is 6.26 Å². The molecule has 0 aromatic carbocycles. The van der Waals surface area contributed by atoms with Gasteiger partial charge in [0, 0.05) is 17.8 Å². The maximum Gasteiger partial charge on any atom is 0.185 e. The molecule has 1 fully saturated rings. The summed E-state index contributed by atoms with van der Waals surface area (Å²) in [5.41, 5.74) is 8.29. The Labute approximate surface area is 186 Å². The lowest BCUT2D eigenvalue weighted by molar-refractivity contribution is 0.0482. The van der Waals surface area contributed by atoms with E-state index >= 15 is 0 Å². The van der Waals surface area contributed by atoms with E-state index in [4.69, 9.17) is 25.2 Å². The van der Waals surface area contributed by atoms with Gasteiger partial charge < -0.3 is 25.1 Å². The highest BCUT2D eigenvalue weighted by Gasteiger charge is 2.44.